The van der Waals surface area contributed by atoms with Gasteiger partial charge in [-0.25, -0.2) is 4.79 Å². The maximum atomic E-state index is 11.1. The van der Waals surface area contributed by atoms with Crippen molar-refractivity contribution in [2.45, 2.75) is 19.1 Å². The summed E-state index contributed by atoms with van der Waals surface area (Å²) in [5.74, 6) is -0.698. The van der Waals surface area contributed by atoms with E-state index in [1.165, 1.54) is 0 Å². The van der Waals surface area contributed by atoms with Crippen molar-refractivity contribution in [3.63, 3.8) is 0 Å². The fraction of sp³-hybridized carbons (Fsp3) is 0.364. The molecule has 0 saturated carbocycles. The van der Waals surface area contributed by atoms with Crippen LogP contribution < -0.4 is 0 Å². The van der Waals surface area contributed by atoms with Crippen molar-refractivity contribution in [2.75, 3.05) is 0 Å². The van der Waals surface area contributed by atoms with Gasteiger partial charge < -0.3 is 9.84 Å². The summed E-state index contributed by atoms with van der Waals surface area (Å²) in [5.41, 5.74) is 0.935. The quantitative estimate of drug-likeness (QED) is 0.682. The highest BCUT2D eigenvalue weighted by molar-refractivity contribution is 5.77. The van der Waals surface area contributed by atoms with Crippen molar-refractivity contribution >= 4 is 5.97 Å². The molecule has 1 aromatic rings. The lowest BCUT2D eigenvalue weighted by Gasteiger charge is -2.14. The zero-order chi connectivity index (χ0) is 10.1. The predicted molar refractivity (Wildman–Crippen MR) is 50.4 cm³/mol. The number of aliphatic hydroxyl groups is 1. The molecule has 1 aromatic carbocycles. The van der Waals surface area contributed by atoms with Gasteiger partial charge in [0, 0.05) is 5.92 Å². The molecule has 0 unspecified atom stereocenters. The van der Waals surface area contributed by atoms with E-state index in [1.54, 1.807) is 0 Å². The Balaban J connectivity index is 2.26. The second kappa shape index (κ2) is 3.42. The summed E-state index contributed by atoms with van der Waals surface area (Å²) in [5, 5.41) is 9.42. The zero-order valence-corrected chi connectivity index (χ0v) is 7.88. The van der Waals surface area contributed by atoms with Crippen molar-refractivity contribution in [1.29, 1.82) is 0 Å². The van der Waals surface area contributed by atoms with E-state index in [1.807, 2.05) is 37.3 Å². The number of esters is 1. The van der Waals surface area contributed by atoms with Crippen LogP contribution in [0.4, 0.5) is 0 Å². The lowest BCUT2D eigenvalue weighted by molar-refractivity contribution is -0.147. The summed E-state index contributed by atoms with van der Waals surface area (Å²) in [6.45, 7) is 1.81. The Hall–Kier alpha value is -1.35. The Morgan fingerprint density at radius 3 is 2.43 bits per heavy atom. The molecule has 2 rings (SSSR count). The molecule has 14 heavy (non-hydrogen) atoms. The third kappa shape index (κ3) is 1.40. The van der Waals surface area contributed by atoms with Crippen LogP contribution in [0.3, 0.4) is 0 Å². The third-order valence-electron chi connectivity index (χ3n) is 2.59. The SMILES string of the molecule is C[C@H]1[C@@H](O)C(=O)O[C@H]1c1ccccc1. The lowest BCUT2D eigenvalue weighted by atomic mass is 9.95. The number of aliphatic hydroxyl groups excluding tert-OH is 1. The van der Waals surface area contributed by atoms with Crippen molar-refractivity contribution in [3.05, 3.63) is 35.9 Å². The van der Waals surface area contributed by atoms with Crippen LogP contribution in [0.1, 0.15) is 18.6 Å². The van der Waals surface area contributed by atoms with E-state index < -0.39 is 12.1 Å². The van der Waals surface area contributed by atoms with Gasteiger partial charge in [0.25, 0.3) is 0 Å². The molecule has 3 atom stereocenters. The second-order valence-corrected chi connectivity index (χ2v) is 3.57. The van der Waals surface area contributed by atoms with Gasteiger partial charge in [0.05, 0.1) is 0 Å². The number of ether oxygens (including phenoxy) is 1. The highest BCUT2D eigenvalue weighted by Crippen LogP contribution is 2.34. The Kier molecular flexibility index (Phi) is 2.25. The molecule has 0 amide bonds. The normalized spacial score (nSPS) is 31.6. The van der Waals surface area contributed by atoms with Crippen LogP contribution in [0, 0.1) is 5.92 Å². The van der Waals surface area contributed by atoms with Crippen LogP contribution >= 0.6 is 0 Å². The molecule has 1 aliphatic rings. The van der Waals surface area contributed by atoms with Crippen LogP contribution in [0.25, 0.3) is 0 Å². The molecule has 1 heterocycles. The zero-order valence-electron chi connectivity index (χ0n) is 7.88. The molecule has 3 heteroatoms. The monoisotopic (exact) mass is 192 g/mol. The molecule has 0 aromatic heterocycles. The van der Waals surface area contributed by atoms with E-state index in [0.29, 0.717) is 0 Å². The van der Waals surface area contributed by atoms with Gasteiger partial charge in [-0.2, -0.15) is 0 Å². The average molecular weight is 192 g/mol. The smallest absolute Gasteiger partial charge is 0.336 e. The minimum absolute atomic E-state index is 0.176. The summed E-state index contributed by atoms with van der Waals surface area (Å²) >= 11 is 0. The molecule has 0 bridgehead atoms. The van der Waals surface area contributed by atoms with Crippen molar-refractivity contribution in [1.82, 2.24) is 0 Å². The molecule has 3 nitrogen and oxygen atoms in total. The highest BCUT2D eigenvalue weighted by Gasteiger charge is 2.41. The molecule has 0 spiro atoms. The maximum Gasteiger partial charge on any atom is 0.336 e. The van der Waals surface area contributed by atoms with Crippen LogP contribution in [0.2, 0.25) is 0 Å². The van der Waals surface area contributed by atoms with Crippen molar-refractivity contribution in [3.8, 4) is 0 Å². The van der Waals surface area contributed by atoms with Gasteiger partial charge >= 0.3 is 5.97 Å². The number of hydrogen-bond acceptors (Lipinski definition) is 3. The predicted octanol–water partition coefficient (Wildman–Crippen LogP) is 1.28. The first kappa shape index (κ1) is 9.21. The summed E-state index contributed by atoms with van der Waals surface area (Å²) in [6, 6.07) is 9.47. The lowest BCUT2D eigenvalue weighted by Crippen LogP contribution is -2.19. The number of benzene rings is 1. The van der Waals surface area contributed by atoms with Crippen LogP contribution in [0.5, 0.6) is 0 Å². The molecule has 0 aliphatic carbocycles. The van der Waals surface area contributed by atoms with Gasteiger partial charge in [0.15, 0.2) is 6.10 Å². The molecular formula is C11H12O3. The summed E-state index contributed by atoms with van der Waals surface area (Å²) in [4.78, 5) is 11.1. The van der Waals surface area contributed by atoms with E-state index in [-0.39, 0.29) is 12.0 Å². The molecule has 74 valence electrons. The topological polar surface area (TPSA) is 46.5 Å². The molecule has 1 fully saturated rings. The summed E-state index contributed by atoms with van der Waals surface area (Å²) < 4.78 is 5.08. The number of cyclic esters (lactones) is 1. The standard InChI is InChI=1S/C11H12O3/c1-7-9(12)11(13)14-10(7)8-5-3-2-4-6-8/h2-7,9-10,12H,1H3/t7-,9+,10+/m0/s1. The van der Waals surface area contributed by atoms with Crippen molar-refractivity contribution in [2.24, 2.45) is 5.92 Å². The molecule has 1 N–H and O–H groups in total. The summed E-state index contributed by atoms with van der Waals surface area (Å²) in [7, 11) is 0. The van der Waals surface area contributed by atoms with E-state index in [0.717, 1.165) is 5.56 Å². The fourth-order valence-corrected chi connectivity index (χ4v) is 1.70. The van der Waals surface area contributed by atoms with E-state index in [9.17, 15) is 9.90 Å². The molecular weight excluding hydrogens is 180 g/mol. The number of rotatable bonds is 1. The third-order valence-corrected chi connectivity index (χ3v) is 2.59. The van der Waals surface area contributed by atoms with E-state index in [4.69, 9.17) is 4.74 Å². The van der Waals surface area contributed by atoms with Gasteiger partial charge in [0.1, 0.15) is 6.10 Å². The first-order valence-corrected chi connectivity index (χ1v) is 4.63. The van der Waals surface area contributed by atoms with E-state index >= 15 is 0 Å². The number of carbonyl (C=O) groups is 1. The minimum Gasteiger partial charge on any atom is -0.455 e. The molecule has 1 aliphatic heterocycles. The Morgan fingerprint density at radius 2 is 1.93 bits per heavy atom. The molecule has 0 radical (unpaired) electrons. The van der Waals surface area contributed by atoms with Gasteiger partial charge in [-0.3, -0.25) is 0 Å². The average Bonchev–Trinajstić information content (AvgIpc) is 2.47. The van der Waals surface area contributed by atoms with Crippen molar-refractivity contribution < 1.29 is 14.6 Å². The highest BCUT2D eigenvalue weighted by atomic mass is 16.6. The first-order valence-electron chi connectivity index (χ1n) is 4.63. The Labute approximate surface area is 82.3 Å². The number of hydrogen-bond donors (Lipinski definition) is 1. The van der Waals surface area contributed by atoms with Gasteiger partial charge in [-0.15, -0.1) is 0 Å². The van der Waals surface area contributed by atoms with E-state index in [2.05, 4.69) is 0 Å². The summed E-state index contributed by atoms with van der Waals surface area (Å²) in [6.07, 6.45) is -1.29. The Morgan fingerprint density at radius 1 is 1.29 bits per heavy atom. The maximum absolute atomic E-state index is 11.1. The molecule has 1 saturated heterocycles. The van der Waals surface area contributed by atoms with Crippen LogP contribution in [-0.4, -0.2) is 17.2 Å². The Bertz CT molecular complexity index is 334. The first-order chi connectivity index (χ1) is 6.70. The fourth-order valence-electron chi connectivity index (χ4n) is 1.70. The minimum atomic E-state index is -0.986. The van der Waals surface area contributed by atoms with Gasteiger partial charge in [-0.05, 0) is 5.56 Å². The van der Waals surface area contributed by atoms with Gasteiger partial charge in [-0.1, -0.05) is 37.3 Å². The second-order valence-electron chi connectivity index (χ2n) is 3.57. The van der Waals surface area contributed by atoms with Crippen LogP contribution in [0.15, 0.2) is 30.3 Å². The van der Waals surface area contributed by atoms with Gasteiger partial charge in [0.2, 0.25) is 0 Å². The largest absolute Gasteiger partial charge is 0.455 e. The van der Waals surface area contributed by atoms with Crippen LogP contribution in [-0.2, 0) is 9.53 Å². The number of carbonyl (C=O) groups excluding carboxylic acids is 1.